The lowest BCUT2D eigenvalue weighted by molar-refractivity contribution is -0.121. The summed E-state index contributed by atoms with van der Waals surface area (Å²) in [6.45, 7) is 4.24. The van der Waals surface area contributed by atoms with E-state index in [1.807, 2.05) is 31.2 Å². The molecule has 212 valence electrons. The molecule has 0 spiro atoms. The van der Waals surface area contributed by atoms with Crippen LogP contribution in [-0.4, -0.2) is 39.3 Å². The van der Waals surface area contributed by atoms with Gasteiger partial charge in [-0.05, 0) is 49.1 Å². The Morgan fingerprint density at radius 2 is 1.68 bits per heavy atom. The van der Waals surface area contributed by atoms with Crippen LogP contribution < -0.4 is 11.2 Å². The topological polar surface area (TPSA) is 90.5 Å². The third-order valence-corrected chi connectivity index (χ3v) is 7.80. The number of ether oxygens (including phenoxy) is 1. The number of fused-ring (bicyclic) bond motifs is 1. The van der Waals surface area contributed by atoms with E-state index in [4.69, 9.17) is 4.74 Å². The Bertz CT molecular complexity index is 1640. The van der Waals surface area contributed by atoms with Crippen molar-refractivity contribution in [1.82, 2.24) is 9.13 Å². The molecule has 1 N–H and O–H groups in total. The zero-order valence-electron chi connectivity index (χ0n) is 22.9. The van der Waals surface area contributed by atoms with Crippen LogP contribution >= 0.6 is 11.3 Å². The van der Waals surface area contributed by atoms with Gasteiger partial charge in [0.25, 0.3) is 5.56 Å². The molecule has 0 amide bonds. The minimum atomic E-state index is -1.39. The predicted molar refractivity (Wildman–Crippen MR) is 152 cm³/mol. The highest BCUT2D eigenvalue weighted by atomic mass is 32.1. The maximum atomic E-state index is 14.7. The molecule has 0 saturated heterocycles. The molecule has 4 aromatic rings. The van der Waals surface area contributed by atoms with Gasteiger partial charge < -0.3 is 9.84 Å². The van der Waals surface area contributed by atoms with Crippen molar-refractivity contribution in [2.45, 2.75) is 58.7 Å². The number of hydrogen-bond acceptors (Lipinski definition) is 6. The van der Waals surface area contributed by atoms with Crippen molar-refractivity contribution >= 4 is 27.3 Å². The van der Waals surface area contributed by atoms with Crippen molar-refractivity contribution in [3.05, 3.63) is 91.6 Å². The van der Waals surface area contributed by atoms with Gasteiger partial charge in [0, 0.05) is 24.0 Å². The van der Waals surface area contributed by atoms with E-state index in [-0.39, 0.29) is 30.9 Å². The summed E-state index contributed by atoms with van der Waals surface area (Å²) < 4.78 is 36.4. The van der Waals surface area contributed by atoms with Crippen molar-refractivity contribution in [3.63, 3.8) is 0 Å². The fraction of sp³-hybridized carbons (Fsp3) is 0.367. The molecule has 2 heterocycles. The third kappa shape index (κ3) is 6.14. The number of methoxy groups -OCH3 is 1. The van der Waals surface area contributed by atoms with Crippen LogP contribution in [0.15, 0.2) is 52.1 Å². The maximum absolute atomic E-state index is 14.7. The number of ketones is 1. The van der Waals surface area contributed by atoms with Crippen molar-refractivity contribution in [2.24, 2.45) is 0 Å². The van der Waals surface area contributed by atoms with Crippen LogP contribution in [0.3, 0.4) is 0 Å². The second kappa shape index (κ2) is 12.0. The third-order valence-electron chi connectivity index (χ3n) is 6.50. The average molecular weight is 571 g/mol. The number of rotatable bonds is 11. The largest absolute Gasteiger partial charge is 0.389 e. The van der Waals surface area contributed by atoms with Crippen LogP contribution in [0.5, 0.6) is 0 Å². The van der Waals surface area contributed by atoms with E-state index < -0.39 is 35.0 Å². The Kier molecular flexibility index (Phi) is 8.82. The number of carbonyl (C=O) groups excluding carboxylic acids is 1. The summed E-state index contributed by atoms with van der Waals surface area (Å²) in [5.41, 5.74) is -0.678. The number of nitrogens with zero attached hydrogens (tertiary/aromatic N) is 2. The van der Waals surface area contributed by atoms with Gasteiger partial charge >= 0.3 is 5.69 Å². The first-order valence-electron chi connectivity index (χ1n) is 13.0. The molecule has 0 aliphatic carbocycles. The lowest BCUT2D eigenvalue weighted by Crippen LogP contribution is -2.45. The second-order valence-electron chi connectivity index (χ2n) is 10.5. The molecule has 4 rings (SSSR count). The summed E-state index contributed by atoms with van der Waals surface area (Å²) in [7, 11) is 1.47. The molecule has 0 atom stereocenters. The number of hydrogen-bond donors (Lipinski definition) is 1. The normalized spacial score (nSPS) is 11.9. The molecule has 0 fully saturated rings. The van der Waals surface area contributed by atoms with Gasteiger partial charge in [-0.15, -0.1) is 11.3 Å². The number of halogens is 2. The summed E-state index contributed by atoms with van der Waals surface area (Å²) in [6.07, 6.45) is 1.44. The number of aliphatic hydroxyl groups is 1. The molecular formula is C30H32F2N2O5S. The molecule has 0 bridgehead atoms. The lowest BCUT2D eigenvalue weighted by atomic mass is 10.0. The summed E-state index contributed by atoms with van der Waals surface area (Å²) >= 11 is 1.21. The van der Waals surface area contributed by atoms with Crippen molar-refractivity contribution < 1.29 is 23.4 Å². The summed E-state index contributed by atoms with van der Waals surface area (Å²) in [5.74, 6) is -1.66. The first-order valence-corrected chi connectivity index (χ1v) is 13.8. The van der Waals surface area contributed by atoms with Crippen LogP contribution in [0.1, 0.15) is 43.9 Å². The van der Waals surface area contributed by atoms with E-state index in [1.165, 1.54) is 42.9 Å². The van der Waals surface area contributed by atoms with Crippen molar-refractivity contribution in [3.8, 4) is 10.4 Å². The molecule has 10 heteroatoms. The van der Waals surface area contributed by atoms with Gasteiger partial charge in [0.05, 0.1) is 24.1 Å². The highest BCUT2D eigenvalue weighted by molar-refractivity contribution is 7.22. The van der Waals surface area contributed by atoms with E-state index in [2.05, 4.69) is 0 Å². The van der Waals surface area contributed by atoms with Crippen LogP contribution in [0.25, 0.3) is 20.7 Å². The Morgan fingerprint density at radius 1 is 1.02 bits per heavy atom. The molecule has 40 heavy (non-hydrogen) atoms. The number of carbonyl (C=O) groups is 1. The molecule has 0 aliphatic rings. The Balaban J connectivity index is 1.97. The summed E-state index contributed by atoms with van der Waals surface area (Å²) in [5, 5.41) is 10.8. The molecule has 7 nitrogen and oxygen atoms in total. The molecule has 0 unspecified atom stereocenters. The standard InChI is InChI=1S/C30H32F2N2O5S/c1-5-7-21-25-27(36)34(17-30(2,3)38)29(37)33(15-22-23(31)8-6-9-24(22)32)28(25)40-26(21)19-12-10-18(11-13-19)14-20(35)16-39-4/h6,8-13,38H,5,7,14-17H2,1-4H3. The molecule has 2 aromatic heterocycles. The van der Waals surface area contributed by atoms with E-state index in [0.717, 1.165) is 38.3 Å². The number of Topliss-reactive ketones (excluding diaryl/α,β-unsaturated/α-hetero) is 1. The van der Waals surface area contributed by atoms with E-state index >= 15 is 0 Å². The van der Waals surface area contributed by atoms with Crippen molar-refractivity contribution in [1.29, 1.82) is 0 Å². The van der Waals surface area contributed by atoms with Gasteiger partial charge in [-0.2, -0.15) is 0 Å². The number of thiophene rings is 1. The van der Waals surface area contributed by atoms with Crippen LogP contribution in [-0.2, 0) is 35.5 Å². The Morgan fingerprint density at radius 3 is 2.25 bits per heavy atom. The van der Waals surface area contributed by atoms with E-state index in [1.54, 1.807) is 0 Å². The smallest absolute Gasteiger partial charge is 0.332 e. The summed E-state index contributed by atoms with van der Waals surface area (Å²) in [4.78, 5) is 40.5. The monoisotopic (exact) mass is 570 g/mol. The Labute approximate surface area is 234 Å². The van der Waals surface area contributed by atoms with E-state index in [9.17, 15) is 28.3 Å². The van der Waals surface area contributed by atoms with Crippen LogP contribution in [0.2, 0.25) is 0 Å². The first kappa shape index (κ1) is 29.5. The fourth-order valence-corrected chi connectivity index (χ4v) is 6.10. The Hall–Kier alpha value is -3.47. The van der Waals surface area contributed by atoms with E-state index in [0.29, 0.717) is 23.1 Å². The second-order valence-corrected chi connectivity index (χ2v) is 11.5. The molecule has 2 aromatic carbocycles. The maximum Gasteiger partial charge on any atom is 0.332 e. The van der Waals surface area contributed by atoms with Crippen LogP contribution in [0, 0.1) is 11.6 Å². The van der Waals surface area contributed by atoms with Gasteiger partial charge in [0.1, 0.15) is 23.1 Å². The van der Waals surface area contributed by atoms with Gasteiger partial charge in [-0.3, -0.25) is 18.7 Å². The highest BCUT2D eigenvalue weighted by Crippen LogP contribution is 2.38. The average Bonchev–Trinajstić information content (AvgIpc) is 3.25. The zero-order valence-corrected chi connectivity index (χ0v) is 23.7. The minimum absolute atomic E-state index is 0.0236. The van der Waals surface area contributed by atoms with Gasteiger partial charge in [-0.1, -0.05) is 43.7 Å². The number of benzene rings is 2. The predicted octanol–water partition coefficient (Wildman–Crippen LogP) is 4.70. The van der Waals surface area contributed by atoms with Gasteiger partial charge in [-0.25, -0.2) is 13.6 Å². The van der Waals surface area contributed by atoms with Gasteiger partial charge in [0.2, 0.25) is 0 Å². The first-order chi connectivity index (χ1) is 18.9. The van der Waals surface area contributed by atoms with Crippen molar-refractivity contribution in [2.75, 3.05) is 13.7 Å². The number of aryl methyl sites for hydroxylation is 1. The minimum Gasteiger partial charge on any atom is -0.389 e. The molecular weight excluding hydrogens is 538 g/mol. The molecule has 0 radical (unpaired) electrons. The fourth-order valence-electron chi connectivity index (χ4n) is 4.76. The highest BCUT2D eigenvalue weighted by Gasteiger charge is 2.26. The quantitative estimate of drug-likeness (QED) is 0.282. The number of aromatic nitrogens is 2. The zero-order chi connectivity index (χ0) is 29.2. The molecule has 0 aliphatic heterocycles. The summed E-state index contributed by atoms with van der Waals surface area (Å²) in [6, 6.07) is 10.9. The SMILES string of the molecule is CCCc1c(-c2ccc(CC(=O)COC)cc2)sc2c1c(=O)n(CC(C)(C)O)c(=O)n2Cc1c(F)cccc1F. The molecule has 0 saturated carbocycles. The van der Waals surface area contributed by atoms with Gasteiger partial charge in [0.15, 0.2) is 5.78 Å². The lowest BCUT2D eigenvalue weighted by Gasteiger charge is -2.20. The van der Waals surface area contributed by atoms with Crippen LogP contribution in [0.4, 0.5) is 8.78 Å².